The van der Waals surface area contributed by atoms with Gasteiger partial charge >= 0.3 is 7.82 Å². The Morgan fingerprint density at radius 2 is 1.06 bits per heavy atom. The summed E-state index contributed by atoms with van der Waals surface area (Å²) >= 11 is 0. The van der Waals surface area contributed by atoms with Crippen LogP contribution in [0.3, 0.4) is 0 Å². The molecule has 4 nitrogen and oxygen atoms in total. The van der Waals surface area contributed by atoms with Crippen LogP contribution in [0.5, 0.6) is 0 Å². The smallest absolute Gasteiger partial charge is 0.394 e. The standard InChI is InChI=1S/C12H21O4P/c1-4-7-10-14-17(13,15-11-8-5-2)16-12-9-6-3/h7-12H,4-6H2,1-3H3. The Kier molecular flexibility index (Phi) is 9.35. The first-order valence-electron chi connectivity index (χ1n) is 5.78. The minimum Gasteiger partial charge on any atom is -0.394 e. The van der Waals surface area contributed by atoms with Crippen LogP contribution >= 0.6 is 7.82 Å². The van der Waals surface area contributed by atoms with Gasteiger partial charge in [0, 0.05) is 0 Å². The van der Waals surface area contributed by atoms with Gasteiger partial charge in [0.25, 0.3) is 0 Å². The monoisotopic (exact) mass is 260 g/mol. The number of phosphoric ester groups is 1. The average Bonchev–Trinajstić information content (AvgIpc) is 2.30. The van der Waals surface area contributed by atoms with Gasteiger partial charge in [0.1, 0.15) is 0 Å². The Balaban J connectivity index is 4.44. The number of allylic oxidation sites excluding steroid dienone is 3. The molecule has 0 spiro atoms. The lowest BCUT2D eigenvalue weighted by Gasteiger charge is -2.12. The lowest BCUT2D eigenvalue weighted by molar-refractivity contribution is 0.229. The van der Waals surface area contributed by atoms with Gasteiger partial charge in [0.15, 0.2) is 0 Å². The summed E-state index contributed by atoms with van der Waals surface area (Å²) in [5, 5.41) is 0. The Labute approximate surface area is 104 Å². The van der Waals surface area contributed by atoms with E-state index in [2.05, 4.69) is 0 Å². The number of phosphoric acid groups is 1. The van der Waals surface area contributed by atoms with Gasteiger partial charge in [-0.1, -0.05) is 20.8 Å². The molecule has 0 saturated carbocycles. The quantitative estimate of drug-likeness (QED) is 0.436. The minimum atomic E-state index is -3.57. The van der Waals surface area contributed by atoms with E-state index >= 15 is 0 Å². The molecule has 0 aromatic rings. The molecule has 0 aromatic heterocycles. The second-order valence-electron chi connectivity index (χ2n) is 3.10. The van der Waals surface area contributed by atoms with Crippen molar-refractivity contribution in [2.45, 2.75) is 40.0 Å². The second-order valence-corrected chi connectivity index (χ2v) is 4.63. The molecule has 0 N–H and O–H groups in total. The number of rotatable bonds is 9. The zero-order valence-corrected chi connectivity index (χ0v) is 11.6. The lowest BCUT2D eigenvalue weighted by Crippen LogP contribution is -1.88. The molecule has 5 heteroatoms. The fourth-order valence-electron chi connectivity index (χ4n) is 0.716. The van der Waals surface area contributed by atoms with E-state index in [0.717, 1.165) is 19.3 Å². The van der Waals surface area contributed by atoms with Gasteiger partial charge in [0.2, 0.25) is 0 Å². The largest absolute Gasteiger partial charge is 0.645 e. The van der Waals surface area contributed by atoms with Gasteiger partial charge < -0.3 is 13.6 Å². The van der Waals surface area contributed by atoms with Crippen molar-refractivity contribution in [2.75, 3.05) is 0 Å². The molecule has 0 amide bonds. The third-order valence-corrected chi connectivity index (χ3v) is 2.71. The van der Waals surface area contributed by atoms with Crippen molar-refractivity contribution in [2.24, 2.45) is 0 Å². The predicted molar refractivity (Wildman–Crippen MR) is 69.2 cm³/mol. The molecule has 0 bridgehead atoms. The molecule has 0 rings (SSSR count). The SMILES string of the molecule is CCC=COP(=O)(OC=CCC)OC=CCC. The van der Waals surface area contributed by atoms with E-state index < -0.39 is 7.82 Å². The van der Waals surface area contributed by atoms with Crippen molar-refractivity contribution in [1.29, 1.82) is 0 Å². The van der Waals surface area contributed by atoms with Gasteiger partial charge in [-0.05, 0) is 37.5 Å². The lowest BCUT2D eigenvalue weighted by atomic mass is 10.5. The van der Waals surface area contributed by atoms with E-state index in [9.17, 15) is 4.57 Å². The van der Waals surface area contributed by atoms with Crippen molar-refractivity contribution in [3.05, 3.63) is 37.0 Å². The van der Waals surface area contributed by atoms with E-state index in [1.54, 1.807) is 18.2 Å². The van der Waals surface area contributed by atoms with Crippen LogP contribution in [-0.2, 0) is 18.1 Å². The van der Waals surface area contributed by atoms with Crippen molar-refractivity contribution in [1.82, 2.24) is 0 Å². The first kappa shape index (κ1) is 15.9. The summed E-state index contributed by atoms with van der Waals surface area (Å²) in [4.78, 5) is 0. The summed E-state index contributed by atoms with van der Waals surface area (Å²) in [7, 11) is -3.57. The highest BCUT2D eigenvalue weighted by Crippen LogP contribution is 2.50. The molecule has 0 unspecified atom stereocenters. The molecule has 0 heterocycles. The highest BCUT2D eigenvalue weighted by molar-refractivity contribution is 7.48. The van der Waals surface area contributed by atoms with Gasteiger partial charge in [-0.3, -0.25) is 0 Å². The van der Waals surface area contributed by atoms with Gasteiger partial charge in [-0.2, -0.15) is 4.57 Å². The second kappa shape index (κ2) is 10.0. The molecule has 0 radical (unpaired) electrons. The Hall–Kier alpha value is -1.15. The molecule has 0 atom stereocenters. The fourth-order valence-corrected chi connectivity index (χ4v) is 1.57. The highest BCUT2D eigenvalue weighted by Gasteiger charge is 2.27. The molecule has 0 fully saturated rings. The molecule has 0 aliphatic carbocycles. The van der Waals surface area contributed by atoms with Gasteiger partial charge in [0.05, 0.1) is 18.8 Å². The average molecular weight is 260 g/mol. The summed E-state index contributed by atoms with van der Waals surface area (Å²) in [6.07, 6.45) is 11.5. The Morgan fingerprint density at radius 3 is 1.29 bits per heavy atom. The zero-order chi connectivity index (χ0) is 13.0. The maximum Gasteiger partial charge on any atom is 0.645 e. The van der Waals surface area contributed by atoms with Crippen molar-refractivity contribution >= 4 is 7.82 Å². The Bertz CT molecular complexity index is 260. The summed E-state index contributed by atoms with van der Waals surface area (Å²) in [6, 6.07) is 0. The topological polar surface area (TPSA) is 44.8 Å². The molecule has 0 saturated heterocycles. The molecule has 0 aromatic carbocycles. The fraction of sp³-hybridized carbons (Fsp3) is 0.500. The first-order valence-corrected chi connectivity index (χ1v) is 7.24. The maximum absolute atomic E-state index is 12.0. The van der Waals surface area contributed by atoms with Crippen LogP contribution in [0.25, 0.3) is 0 Å². The molecule has 17 heavy (non-hydrogen) atoms. The first-order chi connectivity index (χ1) is 8.18. The van der Waals surface area contributed by atoms with Crippen LogP contribution in [0.1, 0.15) is 40.0 Å². The van der Waals surface area contributed by atoms with E-state index in [0.29, 0.717) is 0 Å². The van der Waals surface area contributed by atoms with Gasteiger partial charge in [-0.25, -0.2) is 0 Å². The van der Waals surface area contributed by atoms with Crippen LogP contribution in [0.2, 0.25) is 0 Å². The van der Waals surface area contributed by atoms with E-state index in [1.165, 1.54) is 18.8 Å². The van der Waals surface area contributed by atoms with Crippen LogP contribution < -0.4 is 0 Å². The van der Waals surface area contributed by atoms with Crippen LogP contribution in [-0.4, -0.2) is 0 Å². The molecule has 98 valence electrons. The number of hydrogen-bond acceptors (Lipinski definition) is 4. The molecule has 0 aliphatic rings. The van der Waals surface area contributed by atoms with E-state index in [-0.39, 0.29) is 0 Å². The minimum absolute atomic E-state index is 0.787. The molecular weight excluding hydrogens is 239 g/mol. The van der Waals surface area contributed by atoms with E-state index in [4.69, 9.17) is 13.6 Å². The summed E-state index contributed by atoms with van der Waals surface area (Å²) < 4.78 is 27.0. The highest BCUT2D eigenvalue weighted by atomic mass is 31.2. The van der Waals surface area contributed by atoms with Crippen LogP contribution in [0.15, 0.2) is 37.0 Å². The van der Waals surface area contributed by atoms with Crippen molar-refractivity contribution in [3.63, 3.8) is 0 Å². The maximum atomic E-state index is 12.0. The summed E-state index contributed by atoms with van der Waals surface area (Å²) in [5.41, 5.74) is 0. The third-order valence-electron chi connectivity index (χ3n) is 1.57. The van der Waals surface area contributed by atoms with Crippen LogP contribution in [0, 0.1) is 0 Å². The summed E-state index contributed by atoms with van der Waals surface area (Å²) in [6.45, 7) is 5.83. The predicted octanol–water partition coefficient (Wildman–Crippen LogP) is 4.92. The normalized spacial score (nSPS) is 15.5. The molecular formula is C12H21O4P. The van der Waals surface area contributed by atoms with Crippen molar-refractivity contribution < 1.29 is 18.1 Å². The van der Waals surface area contributed by atoms with Crippen LogP contribution in [0.4, 0.5) is 0 Å². The van der Waals surface area contributed by atoms with Gasteiger partial charge in [-0.15, -0.1) is 0 Å². The van der Waals surface area contributed by atoms with E-state index in [1.807, 2.05) is 20.8 Å². The summed E-state index contributed by atoms with van der Waals surface area (Å²) in [5.74, 6) is 0. The Morgan fingerprint density at radius 1 is 0.765 bits per heavy atom. The third kappa shape index (κ3) is 8.64. The zero-order valence-electron chi connectivity index (χ0n) is 10.7. The number of hydrogen-bond donors (Lipinski definition) is 0. The van der Waals surface area contributed by atoms with Crippen molar-refractivity contribution in [3.8, 4) is 0 Å². The molecule has 0 aliphatic heterocycles.